The second-order valence-corrected chi connectivity index (χ2v) is 8.92. The van der Waals surface area contributed by atoms with Crippen molar-refractivity contribution in [1.29, 1.82) is 0 Å². The van der Waals surface area contributed by atoms with E-state index in [0.29, 0.717) is 12.5 Å². The number of hydrogen-bond acceptors (Lipinski definition) is 9. The molecule has 1 aromatic carbocycles. The average Bonchev–Trinajstić information content (AvgIpc) is 3.36. The molecule has 2 aromatic rings. The fraction of sp³-hybridized carbons (Fsp3) is 0.444. The van der Waals surface area contributed by atoms with Gasteiger partial charge in [0.2, 0.25) is 5.78 Å². The normalized spacial score (nSPS) is 14.0. The summed E-state index contributed by atoms with van der Waals surface area (Å²) < 4.78 is 10.3. The lowest BCUT2D eigenvalue weighted by atomic mass is 9.95. The molecular weight excluding hydrogens is 517 g/mol. The van der Waals surface area contributed by atoms with Gasteiger partial charge in [0.25, 0.3) is 0 Å². The molecule has 3 N–H and O–H groups in total. The maximum atomic E-state index is 11.5. The van der Waals surface area contributed by atoms with Crippen LogP contribution in [0.25, 0.3) is 5.57 Å². The zero-order valence-corrected chi connectivity index (χ0v) is 21.5. The largest absolute Gasteiger partial charge is 0.395 e. The number of piperidine rings is 1. The van der Waals surface area contributed by atoms with Crippen LogP contribution in [0.3, 0.4) is 0 Å². The van der Waals surface area contributed by atoms with Gasteiger partial charge in [-0.2, -0.15) is 5.26 Å². The van der Waals surface area contributed by atoms with E-state index in [9.17, 15) is 14.3 Å². The lowest BCUT2D eigenvalue weighted by Crippen LogP contribution is -2.40. The molecule has 1 aliphatic carbocycles. The molecule has 1 aliphatic heterocycles. The number of nitrogens with zero attached hydrogens (tertiary/aromatic N) is 4. The first-order valence-corrected chi connectivity index (χ1v) is 12.3. The Kier molecular flexibility index (Phi) is 15.4. The molecule has 12 heteroatoms. The predicted molar refractivity (Wildman–Crippen MR) is 142 cm³/mol. The van der Waals surface area contributed by atoms with Crippen molar-refractivity contribution in [3.8, 4) is 12.3 Å². The van der Waals surface area contributed by atoms with Crippen LogP contribution < -0.4 is 4.90 Å². The second-order valence-electron chi connectivity index (χ2n) is 8.92. The first-order valence-electron chi connectivity index (χ1n) is 12.3. The van der Waals surface area contributed by atoms with Gasteiger partial charge in [0.15, 0.2) is 12.3 Å². The van der Waals surface area contributed by atoms with Crippen LogP contribution in [0, 0.1) is 18.2 Å². The smallest absolute Gasteiger partial charge is 0.208 e. The van der Waals surface area contributed by atoms with E-state index in [0.717, 1.165) is 63.9 Å². The number of aliphatic hydroxyl groups excluding tert-OH is 2. The lowest BCUT2D eigenvalue weighted by molar-refractivity contribution is -0.172. The SMILES string of the molecule is F.F.O=C(CO)c1cnc(N2CCC(CN(CCO)CCC3=CCc4ccccc43)CC2)cn1.OOC#CF. The van der Waals surface area contributed by atoms with Crippen LogP contribution in [-0.2, 0) is 11.3 Å². The monoisotopic (exact) mass is 552 g/mol. The number of carbonyl (C=O) groups is 1. The van der Waals surface area contributed by atoms with Gasteiger partial charge in [0.1, 0.15) is 18.1 Å². The van der Waals surface area contributed by atoms with E-state index in [2.05, 4.69) is 55.0 Å². The molecule has 0 atom stereocenters. The van der Waals surface area contributed by atoms with Crippen molar-refractivity contribution in [2.24, 2.45) is 5.92 Å². The van der Waals surface area contributed by atoms with Gasteiger partial charge >= 0.3 is 0 Å². The molecule has 39 heavy (non-hydrogen) atoms. The summed E-state index contributed by atoms with van der Waals surface area (Å²) >= 11 is 0. The van der Waals surface area contributed by atoms with Gasteiger partial charge in [-0.25, -0.2) is 9.97 Å². The number of hydrogen-bond donors (Lipinski definition) is 3. The Bertz CT molecular complexity index is 1100. The molecule has 214 valence electrons. The Morgan fingerprint density at radius 1 is 1.13 bits per heavy atom. The Hall–Kier alpha value is -3.50. The van der Waals surface area contributed by atoms with Gasteiger partial charge < -0.3 is 20.0 Å². The highest BCUT2D eigenvalue weighted by Crippen LogP contribution is 2.30. The molecule has 0 saturated carbocycles. The van der Waals surface area contributed by atoms with Gasteiger partial charge in [-0.3, -0.25) is 19.1 Å². The minimum Gasteiger partial charge on any atom is -0.395 e. The number of Topliss-reactive ketones (excluding diaryl/α,β-unsaturated/α-hetero) is 1. The molecule has 1 saturated heterocycles. The lowest BCUT2D eigenvalue weighted by Gasteiger charge is -2.35. The minimum absolute atomic E-state index is 0. The van der Waals surface area contributed by atoms with Crippen LogP contribution in [0.2, 0.25) is 0 Å². The quantitative estimate of drug-likeness (QED) is 0.177. The molecular formula is C27H35F3N4O5. The van der Waals surface area contributed by atoms with Crippen LogP contribution in [-0.4, -0.2) is 82.1 Å². The summed E-state index contributed by atoms with van der Waals surface area (Å²) in [5.41, 5.74) is 4.43. The molecule has 0 spiro atoms. The highest BCUT2D eigenvalue weighted by atomic mass is 19.1. The van der Waals surface area contributed by atoms with Gasteiger partial charge in [0, 0.05) is 32.7 Å². The Labute approximate surface area is 225 Å². The topological polar surface area (TPSA) is 119 Å². The van der Waals surface area contributed by atoms with E-state index in [4.69, 9.17) is 10.4 Å². The van der Waals surface area contributed by atoms with Crippen molar-refractivity contribution in [2.75, 3.05) is 50.8 Å². The van der Waals surface area contributed by atoms with E-state index in [1.165, 1.54) is 29.0 Å². The fourth-order valence-corrected chi connectivity index (χ4v) is 4.74. The van der Waals surface area contributed by atoms with Crippen molar-refractivity contribution < 1.29 is 39.0 Å². The molecule has 2 aliphatic rings. The summed E-state index contributed by atoms with van der Waals surface area (Å²) in [7, 11) is 0. The summed E-state index contributed by atoms with van der Waals surface area (Å²) in [6, 6.07) is 8.64. The number of allylic oxidation sites excluding steroid dienone is 1. The van der Waals surface area contributed by atoms with Crippen molar-refractivity contribution in [3.05, 3.63) is 59.6 Å². The summed E-state index contributed by atoms with van der Waals surface area (Å²) in [6.07, 6.45) is 11.6. The molecule has 0 unspecified atom stereocenters. The third-order valence-corrected chi connectivity index (χ3v) is 6.65. The molecule has 0 amide bonds. The number of fused-ring (bicyclic) bond motifs is 1. The molecule has 0 bridgehead atoms. The van der Waals surface area contributed by atoms with Crippen molar-refractivity contribution in [2.45, 2.75) is 25.7 Å². The third-order valence-electron chi connectivity index (χ3n) is 6.65. The number of aliphatic hydroxyl groups is 2. The maximum absolute atomic E-state index is 11.5. The van der Waals surface area contributed by atoms with Gasteiger partial charge in [0.05, 0.1) is 19.0 Å². The zero-order chi connectivity index (χ0) is 26.5. The number of ketones is 1. The van der Waals surface area contributed by atoms with E-state index < -0.39 is 12.4 Å². The van der Waals surface area contributed by atoms with Crippen molar-refractivity contribution in [1.82, 2.24) is 14.9 Å². The average molecular weight is 553 g/mol. The summed E-state index contributed by atoms with van der Waals surface area (Å²) in [6.45, 7) is 4.11. The highest BCUT2D eigenvalue weighted by molar-refractivity contribution is 5.94. The molecule has 0 radical (unpaired) electrons. The van der Waals surface area contributed by atoms with Crippen LogP contribution in [0.15, 0.2) is 42.7 Å². The van der Waals surface area contributed by atoms with Crippen LogP contribution >= 0.6 is 0 Å². The van der Waals surface area contributed by atoms with Crippen LogP contribution in [0.4, 0.5) is 19.6 Å². The summed E-state index contributed by atoms with van der Waals surface area (Å²) in [5.74, 6) is 0.950. The Morgan fingerprint density at radius 2 is 1.87 bits per heavy atom. The van der Waals surface area contributed by atoms with E-state index in [1.54, 1.807) is 6.20 Å². The number of carbonyl (C=O) groups excluding carboxylic acids is 1. The van der Waals surface area contributed by atoms with E-state index in [-0.39, 0.29) is 21.7 Å². The van der Waals surface area contributed by atoms with Crippen molar-refractivity contribution >= 4 is 17.2 Å². The molecule has 1 fully saturated rings. The molecule has 1 aromatic heterocycles. The standard InChI is InChI=1S/C25H32N4O3.C2HFO2.2FH/c30-14-13-28(10-9-21-6-5-20-3-1-2-4-22(20)21)17-19-7-11-29(12-8-19)25-16-26-23(15-27-25)24(32)18-31;3-1-2-5-4;;/h1-4,6,15-16,19,30-31H,5,7-14,17-18H2;4H;2*1H. The van der Waals surface area contributed by atoms with E-state index in [1.807, 2.05) is 0 Å². The maximum Gasteiger partial charge on any atom is 0.208 e. The van der Waals surface area contributed by atoms with Gasteiger partial charge in [-0.05, 0) is 48.3 Å². The first-order chi connectivity index (χ1) is 18.1. The molecule has 9 nitrogen and oxygen atoms in total. The Balaban J connectivity index is 0.000000998. The molecule has 4 rings (SSSR count). The number of halogens is 3. The number of anilines is 1. The second kappa shape index (κ2) is 17.9. The van der Waals surface area contributed by atoms with E-state index >= 15 is 0 Å². The summed E-state index contributed by atoms with van der Waals surface area (Å²) in [4.78, 5) is 27.6. The number of aromatic nitrogens is 2. The number of rotatable bonds is 10. The zero-order valence-electron chi connectivity index (χ0n) is 21.5. The Morgan fingerprint density at radius 3 is 2.46 bits per heavy atom. The van der Waals surface area contributed by atoms with Gasteiger partial charge in [-0.1, -0.05) is 30.3 Å². The highest BCUT2D eigenvalue weighted by Gasteiger charge is 2.23. The third kappa shape index (κ3) is 9.96. The fourth-order valence-electron chi connectivity index (χ4n) is 4.74. The molecule has 2 heterocycles. The van der Waals surface area contributed by atoms with Crippen LogP contribution in [0.5, 0.6) is 0 Å². The minimum atomic E-state index is -0.548. The number of benzene rings is 1. The predicted octanol–water partition coefficient (Wildman–Crippen LogP) is 2.86. The van der Waals surface area contributed by atoms with Crippen LogP contribution in [0.1, 0.15) is 40.9 Å². The van der Waals surface area contributed by atoms with Crippen molar-refractivity contribution in [3.63, 3.8) is 0 Å². The van der Waals surface area contributed by atoms with Gasteiger partial charge in [-0.15, -0.1) is 4.39 Å². The summed E-state index contributed by atoms with van der Waals surface area (Å²) in [5, 5.41) is 25.7. The first kappa shape index (κ1) is 33.5.